The summed E-state index contributed by atoms with van der Waals surface area (Å²) in [5.74, 6) is -0.290. The quantitative estimate of drug-likeness (QED) is 0.778. The van der Waals surface area contributed by atoms with E-state index >= 15 is 0 Å². The first-order valence-corrected chi connectivity index (χ1v) is 10.7. The minimum absolute atomic E-state index is 0.218. The summed E-state index contributed by atoms with van der Waals surface area (Å²) in [6.07, 6.45) is 1.76. The molecule has 1 N–H and O–H groups in total. The van der Waals surface area contributed by atoms with Crippen molar-refractivity contribution in [2.75, 3.05) is 13.1 Å². The fourth-order valence-corrected chi connectivity index (χ4v) is 5.15. The first kappa shape index (κ1) is 19.1. The normalized spacial score (nSPS) is 15.3. The Bertz CT molecular complexity index is 914. The van der Waals surface area contributed by atoms with Crippen molar-refractivity contribution < 1.29 is 13.2 Å². The molecule has 0 unspecified atom stereocenters. The topological polar surface area (TPSA) is 71.4 Å². The Morgan fingerprint density at radius 3 is 2.42 bits per heavy atom. The van der Waals surface area contributed by atoms with Gasteiger partial charge in [-0.15, -0.1) is 0 Å². The van der Waals surface area contributed by atoms with Crippen molar-refractivity contribution in [3.63, 3.8) is 0 Å². The summed E-state index contributed by atoms with van der Waals surface area (Å²) in [6.45, 7) is 3.20. The highest BCUT2D eigenvalue weighted by atomic mass is 79.9. The lowest BCUT2D eigenvalue weighted by Crippen LogP contribution is -2.28. The summed E-state index contributed by atoms with van der Waals surface area (Å²) < 4.78 is 29.8. The summed E-state index contributed by atoms with van der Waals surface area (Å²) in [7, 11) is -1.83. The SMILES string of the molecule is Cc1c(S(=O)(=O)N2CCCC2)cc(C(=O)NCc2ccc(Br)cc2)n1C. The molecule has 3 rings (SSSR count). The van der Waals surface area contributed by atoms with Crippen molar-refractivity contribution >= 4 is 31.9 Å². The molecule has 1 aromatic carbocycles. The van der Waals surface area contributed by atoms with E-state index in [1.54, 1.807) is 18.5 Å². The fraction of sp³-hybridized carbons (Fsp3) is 0.389. The van der Waals surface area contributed by atoms with Gasteiger partial charge in [-0.25, -0.2) is 8.42 Å². The molecule has 2 aromatic rings. The van der Waals surface area contributed by atoms with Crippen LogP contribution in [-0.2, 0) is 23.6 Å². The second-order valence-electron chi connectivity index (χ2n) is 6.46. The van der Waals surface area contributed by atoms with E-state index in [4.69, 9.17) is 0 Å². The van der Waals surface area contributed by atoms with Crippen molar-refractivity contribution in [3.05, 3.63) is 51.8 Å². The van der Waals surface area contributed by atoms with Gasteiger partial charge < -0.3 is 9.88 Å². The van der Waals surface area contributed by atoms with E-state index < -0.39 is 10.0 Å². The van der Waals surface area contributed by atoms with Gasteiger partial charge in [0.15, 0.2) is 0 Å². The minimum atomic E-state index is -3.55. The highest BCUT2D eigenvalue weighted by Crippen LogP contribution is 2.26. The Morgan fingerprint density at radius 1 is 1.19 bits per heavy atom. The van der Waals surface area contributed by atoms with Gasteiger partial charge in [0.05, 0.1) is 0 Å². The van der Waals surface area contributed by atoms with Gasteiger partial charge in [0.1, 0.15) is 10.6 Å². The van der Waals surface area contributed by atoms with E-state index in [-0.39, 0.29) is 10.8 Å². The van der Waals surface area contributed by atoms with E-state index in [9.17, 15) is 13.2 Å². The highest BCUT2D eigenvalue weighted by molar-refractivity contribution is 9.10. The van der Waals surface area contributed by atoms with Crippen molar-refractivity contribution in [1.29, 1.82) is 0 Å². The van der Waals surface area contributed by atoms with Gasteiger partial charge in [0, 0.05) is 36.8 Å². The van der Waals surface area contributed by atoms with E-state index in [1.165, 1.54) is 10.4 Å². The fourth-order valence-electron chi connectivity index (χ4n) is 3.09. The summed E-state index contributed by atoms with van der Waals surface area (Å²) in [6, 6.07) is 9.15. The second kappa shape index (κ2) is 7.54. The average Bonchev–Trinajstić information content (AvgIpc) is 3.25. The van der Waals surface area contributed by atoms with Gasteiger partial charge in [-0.2, -0.15) is 4.31 Å². The molecule has 0 aliphatic carbocycles. The van der Waals surface area contributed by atoms with Crippen LogP contribution in [0.25, 0.3) is 0 Å². The molecular weight excluding hydrogens is 418 g/mol. The van der Waals surface area contributed by atoms with Crippen molar-refractivity contribution in [3.8, 4) is 0 Å². The molecule has 0 atom stereocenters. The number of rotatable bonds is 5. The molecule has 1 aliphatic heterocycles. The monoisotopic (exact) mass is 439 g/mol. The van der Waals surface area contributed by atoms with Crippen molar-refractivity contribution in [2.24, 2.45) is 7.05 Å². The van der Waals surface area contributed by atoms with Gasteiger partial charge >= 0.3 is 0 Å². The number of amides is 1. The number of hydrogen-bond donors (Lipinski definition) is 1. The third kappa shape index (κ3) is 3.72. The molecule has 8 heteroatoms. The van der Waals surface area contributed by atoms with Crippen LogP contribution in [0.3, 0.4) is 0 Å². The molecule has 1 fully saturated rings. The van der Waals surface area contributed by atoms with E-state index in [2.05, 4.69) is 21.2 Å². The summed E-state index contributed by atoms with van der Waals surface area (Å²) in [4.78, 5) is 12.8. The average molecular weight is 440 g/mol. The molecule has 1 aromatic heterocycles. The van der Waals surface area contributed by atoms with Crippen LogP contribution in [0.4, 0.5) is 0 Å². The van der Waals surface area contributed by atoms with Crippen molar-refractivity contribution in [1.82, 2.24) is 14.2 Å². The summed E-state index contributed by atoms with van der Waals surface area (Å²) >= 11 is 3.38. The zero-order chi connectivity index (χ0) is 18.9. The van der Waals surface area contributed by atoms with E-state index in [0.717, 1.165) is 22.9 Å². The van der Waals surface area contributed by atoms with Crippen LogP contribution in [-0.4, -0.2) is 36.3 Å². The molecule has 140 valence electrons. The third-order valence-corrected chi connectivity index (χ3v) is 7.31. The lowest BCUT2D eigenvalue weighted by Gasteiger charge is -2.15. The smallest absolute Gasteiger partial charge is 0.268 e. The number of nitrogens with zero attached hydrogens (tertiary/aromatic N) is 2. The molecule has 0 bridgehead atoms. The first-order valence-electron chi connectivity index (χ1n) is 8.50. The molecule has 2 heterocycles. The second-order valence-corrected chi connectivity index (χ2v) is 9.28. The van der Waals surface area contributed by atoms with Gasteiger partial charge in [-0.3, -0.25) is 4.79 Å². The zero-order valence-corrected chi connectivity index (χ0v) is 17.2. The predicted octanol–water partition coefficient (Wildman–Crippen LogP) is 2.81. The number of sulfonamides is 1. The molecule has 26 heavy (non-hydrogen) atoms. The molecule has 1 aliphatic rings. The summed E-state index contributed by atoms with van der Waals surface area (Å²) in [5, 5.41) is 2.85. The summed E-state index contributed by atoms with van der Waals surface area (Å²) in [5.41, 5.74) is 1.89. The minimum Gasteiger partial charge on any atom is -0.347 e. The Balaban J connectivity index is 1.80. The first-order chi connectivity index (χ1) is 12.3. The Hall–Kier alpha value is -1.64. The van der Waals surface area contributed by atoms with Gasteiger partial charge in [0.2, 0.25) is 10.0 Å². The van der Waals surface area contributed by atoms with Gasteiger partial charge in [-0.05, 0) is 43.5 Å². The van der Waals surface area contributed by atoms with Crippen LogP contribution < -0.4 is 5.32 Å². The largest absolute Gasteiger partial charge is 0.347 e. The molecule has 0 spiro atoms. The lowest BCUT2D eigenvalue weighted by molar-refractivity contribution is 0.0942. The Kier molecular flexibility index (Phi) is 5.55. The van der Waals surface area contributed by atoms with Gasteiger partial charge in [-0.1, -0.05) is 28.1 Å². The van der Waals surface area contributed by atoms with Crippen molar-refractivity contribution in [2.45, 2.75) is 31.2 Å². The molecule has 1 amide bonds. The Labute approximate surface area is 162 Å². The lowest BCUT2D eigenvalue weighted by atomic mass is 10.2. The van der Waals surface area contributed by atoms with Crippen LogP contribution >= 0.6 is 15.9 Å². The van der Waals surface area contributed by atoms with Crippen LogP contribution in [0.1, 0.15) is 34.6 Å². The number of benzene rings is 1. The zero-order valence-electron chi connectivity index (χ0n) is 14.8. The van der Waals surface area contributed by atoms with E-state index in [0.29, 0.717) is 31.0 Å². The maximum absolute atomic E-state index is 12.8. The van der Waals surface area contributed by atoms with Gasteiger partial charge in [0.25, 0.3) is 5.91 Å². The molecule has 6 nitrogen and oxygen atoms in total. The van der Waals surface area contributed by atoms with Crippen LogP contribution in [0.5, 0.6) is 0 Å². The number of halogens is 1. The third-order valence-electron chi connectivity index (χ3n) is 4.77. The molecule has 1 saturated heterocycles. The van der Waals surface area contributed by atoms with Crippen LogP contribution in [0.2, 0.25) is 0 Å². The molecular formula is C18H22BrN3O3S. The number of nitrogens with one attached hydrogen (secondary N) is 1. The Morgan fingerprint density at radius 2 is 1.81 bits per heavy atom. The van der Waals surface area contributed by atoms with Crippen LogP contribution in [0.15, 0.2) is 39.7 Å². The number of hydrogen-bond acceptors (Lipinski definition) is 3. The van der Waals surface area contributed by atoms with Crippen LogP contribution in [0, 0.1) is 6.92 Å². The number of carbonyl (C=O) groups is 1. The number of carbonyl (C=O) groups excluding carboxylic acids is 1. The number of aromatic nitrogens is 1. The standard InChI is InChI=1S/C18H22BrN3O3S/c1-13-17(26(24,25)22-9-3-4-10-22)11-16(21(13)2)18(23)20-12-14-5-7-15(19)8-6-14/h5-8,11H,3-4,9-10,12H2,1-2H3,(H,20,23). The molecule has 0 radical (unpaired) electrons. The maximum atomic E-state index is 12.8. The van der Waals surface area contributed by atoms with E-state index in [1.807, 2.05) is 24.3 Å². The maximum Gasteiger partial charge on any atom is 0.268 e. The molecule has 0 saturated carbocycles. The highest BCUT2D eigenvalue weighted by Gasteiger charge is 2.31. The predicted molar refractivity (Wildman–Crippen MR) is 103 cm³/mol.